The Bertz CT molecular complexity index is 631. The van der Waals surface area contributed by atoms with E-state index in [9.17, 15) is 8.42 Å². The summed E-state index contributed by atoms with van der Waals surface area (Å²) in [5.41, 5.74) is 0.869. The molecule has 2 aromatic rings. The average Bonchev–Trinajstić information content (AvgIpc) is 2.87. The number of hydrogen-bond acceptors (Lipinski definition) is 4. The molecule has 1 aromatic heterocycles. The molecule has 0 saturated carbocycles. The van der Waals surface area contributed by atoms with Crippen LogP contribution in [0.1, 0.15) is 25.1 Å². The van der Waals surface area contributed by atoms with E-state index in [1.807, 2.05) is 37.3 Å². The second kappa shape index (κ2) is 6.39. The van der Waals surface area contributed by atoms with Crippen LogP contribution in [0, 0.1) is 0 Å². The van der Waals surface area contributed by atoms with Gasteiger partial charge in [0.05, 0.1) is 11.8 Å². The summed E-state index contributed by atoms with van der Waals surface area (Å²) in [6, 6.07) is 9.93. The lowest BCUT2D eigenvalue weighted by atomic mass is 10.2. The number of para-hydroxylation sites is 1. The Morgan fingerprint density at radius 2 is 2.05 bits per heavy atom. The maximum atomic E-state index is 11.3. The molecule has 0 amide bonds. The molecule has 0 radical (unpaired) electrons. The van der Waals surface area contributed by atoms with E-state index in [2.05, 4.69) is 10.0 Å². The van der Waals surface area contributed by atoms with Crippen LogP contribution in [0.4, 0.5) is 0 Å². The van der Waals surface area contributed by atoms with Gasteiger partial charge in [0, 0.05) is 5.39 Å². The fraction of sp³-hybridized carbons (Fsp3) is 0.429. The summed E-state index contributed by atoms with van der Waals surface area (Å²) >= 11 is 0. The highest BCUT2D eigenvalue weighted by Crippen LogP contribution is 2.23. The van der Waals surface area contributed by atoms with Gasteiger partial charge in [-0.1, -0.05) is 18.2 Å². The number of sulfonamides is 1. The summed E-state index contributed by atoms with van der Waals surface area (Å²) in [4.78, 5) is 0. The van der Waals surface area contributed by atoms with Crippen LogP contribution in [0.3, 0.4) is 0 Å². The highest BCUT2D eigenvalue weighted by atomic mass is 32.2. The van der Waals surface area contributed by atoms with E-state index in [0.717, 1.165) is 16.7 Å². The van der Waals surface area contributed by atoms with Gasteiger partial charge < -0.3 is 9.73 Å². The Balaban J connectivity index is 1.87. The van der Waals surface area contributed by atoms with E-state index in [1.165, 1.54) is 7.05 Å². The van der Waals surface area contributed by atoms with Gasteiger partial charge in [0.2, 0.25) is 10.0 Å². The Morgan fingerprint density at radius 3 is 2.75 bits per heavy atom. The molecule has 0 aliphatic heterocycles. The molecule has 0 aliphatic carbocycles. The molecule has 110 valence electrons. The standard InChI is InChI=1S/C14H20N2O3S/c1-11(16-8-5-9-20(17,18)15-2)14-10-12-6-3-4-7-13(12)19-14/h3-4,6-7,10-11,15-16H,5,8-9H2,1-2H3/t11-/m1/s1. The Labute approximate surface area is 119 Å². The molecule has 2 rings (SSSR count). The third-order valence-corrected chi connectivity index (χ3v) is 4.67. The highest BCUT2D eigenvalue weighted by Gasteiger charge is 2.11. The van der Waals surface area contributed by atoms with Crippen LogP contribution < -0.4 is 10.0 Å². The van der Waals surface area contributed by atoms with Crippen molar-refractivity contribution in [3.05, 3.63) is 36.1 Å². The van der Waals surface area contributed by atoms with Crippen molar-refractivity contribution < 1.29 is 12.8 Å². The lowest BCUT2D eigenvalue weighted by Crippen LogP contribution is -2.26. The SMILES string of the molecule is CNS(=O)(=O)CCCN[C@H](C)c1cc2ccccc2o1. The van der Waals surface area contributed by atoms with Gasteiger partial charge in [-0.2, -0.15) is 0 Å². The summed E-state index contributed by atoms with van der Waals surface area (Å²) in [6.45, 7) is 2.63. The van der Waals surface area contributed by atoms with Crippen molar-refractivity contribution in [2.24, 2.45) is 0 Å². The normalized spacial score (nSPS) is 13.7. The number of benzene rings is 1. The fourth-order valence-electron chi connectivity index (χ4n) is 2.00. The molecule has 2 N–H and O–H groups in total. The van der Waals surface area contributed by atoms with Gasteiger partial charge in [-0.15, -0.1) is 0 Å². The molecule has 0 unspecified atom stereocenters. The second-order valence-corrected chi connectivity index (χ2v) is 6.78. The minimum atomic E-state index is -3.12. The minimum Gasteiger partial charge on any atom is -0.459 e. The summed E-state index contributed by atoms with van der Waals surface area (Å²) in [5.74, 6) is 0.992. The van der Waals surface area contributed by atoms with Crippen molar-refractivity contribution in [3.8, 4) is 0 Å². The summed E-state index contributed by atoms with van der Waals surface area (Å²) in [5, 5.41) is 4.35. The van der Waals surface area contributed by atoms with Gasteiger partial charge in [-0.3, -0.25) is 0 Å². The number of furan rings is 1. The molecule has 6 heteroatoms. The fourth-order valence-corrected chi connectivity index (χ4v) is 2.73. The molecule has 0 bridgehead atoms. The minimum absolute atomic E-state index is 0.0553. The van der Waals surface area contributed by atoms with Crippen molar-refractivity contribution >= 4 is 21.0 Å². The van der Waals surface area contributed by atoms with Crippen LogP contribution in [0.25, 0.3) is 11.0 Å². The molecule has 0 fully saturated rings. The van der Waals surface area contributed by atoms with Crippen LogP contribution in [0.2, 0.25) is 0 Å². The first kappa shape index (κ1) is 15.0. The summed E-state index contributed by atoms with van der Waals surface area (Å²) in [7, 11) is -1.69. The zero-order valence-electron chi connectivity index (χ0n) is 11.7. The van der Waals surface area contributed by atoms with Gasteiger partial charge in [-0.05, 0) is 39.1 Å². The lowest BCUT2D eigenvalue weighted by molar-refractivity contribution is 0.451. The van der Waals surface area contributed by atoms with E-state index in [1.54, 1.807) is 0 Å². The average molecular weight is 296 g/mol. The molecule has 1 aromatic carbocycles. The van der Waals surface area contributed by atoms with Crippen molar-refractivity contribution in [1.29, 1.82) is 0 Å². The number of rotatable bonds is 7. The molecule has 1 atom stereocenters. The van der Waals surface area contributed by atoms with Gasteiger partial charge in [0.1, 0.15) is 11.3 Å². The summed E-state index contributed by atoms with van der Waals surface area (Å²) < 4.78 is 30.6. The first-order valence-corrected chi connectivity index (χ1v) is 8.30. The van der Waals surface area contributed by atoms with E-state index in [0.29, 0.717) is 13.0 Å². The van der Waals surface area contributed by atoms with Crippen molar-refractivity contribution in [3.63, 3.8) is 0 Å². The monoisotopic (exact) mass is 296 g/mol. The Kier molecular flexibility index (Phi) is 4.80. The molecular formula is C14H20N2O3S. The zero-order chi connectivity index (χ0) is 14.6. The zero-order valence-corrected chi connectivity index (χ0v) is 12.5. The number of hydrogen-bond donors (Lipinski definition) is 2. The first-order chi connectivity index (χ1) is 9.52. The highest BCUT2D eigenvalue weighted by molar-refractivity contribution is 7.89. The van der Waals surface area contributed by atoms with Crippen LogP contribution in [0.15, 0.2) is 34.7 Å². The van der Waals surface area contributed by atoms with Gasteiger partial charge in [0.25, 0.3) is 0 Å². The topological polar surface area (TPSA) is 71.3 Å². The number of fused-ring (bicyclic) bond motifs is 1. The second-order valence-electron chi connectivity index (χ2n) is 4.74. The van der Waals surface area contributed by atoms with Gasteiger partial charge >= 0.3 is 0 Å². The number of nitrogens with one attached hydrogen (secondary N) is 2. The maximum Gasteiger partial charge on any atom is 0.211 e. The van der Waals surface area contributed by atoms with Crippen LogP contribution in [-0.4, -0.2) is 27.8 Å². The molecular weight excluding hydrogens is 276 g/mol. The first-order valence-electron chi connectivity index (χ1n) is 6.65. The van der Waals surface area contributed by atoms with E-state index < -0.39 is 10.0 Å². The largest absolute Gasteiger partial charge is 0.459 e. The van der Waals surface area contributed by atoms with Crippen LogP contribution in [-0.2, 0) is 10.0 Å². The predicted molar refractivity (Wildman–Crippen MR) is 80.1 cm³/mol. The lowest BCUT2D eigenvalue weighted by Gasteiger charge is -2.10. The summed E-state index contributed by atoms with van der Waals surface area (Å²) in [6.07, 6.45) is 0.563. The van der Waals surface area contributed by atoms with Gasteiger partial charge in [-0.25, -0.2) is 13.1 Å². The van der Waals surface area contributed by atoms with E-state index in [4.69, 9.17) is 4.42 Å². The van der Waals surface area contributed by atoms with Crippen molar-refractivity contribution in [1.82, 2.24) is 10.0 Å². The van der Waals surface area contributed by atoms with Crippen LogP contribution in [0.5, 0.6) is 0 Å². The Morgan fingerprint density at radius 1 is 1.30 bits per heavy atom. The molecule has 0 saturated heterocycles. The van der Waals surface area contributed by atoms with Crippen molar-refractivity contribution in [2.45, 2.75) is 19.4 Å². The third kappa shape index (κ3) is 3.82. The molecule has 0 aliphatic rings. The van der Waals surface area contributed by atoms with E-state index >= 15 is 0 Å². The maximum absolute atomic E-state index is 11.3. The van der Waals surface area contributed by atoms with Gasteiger partial charge in [0.15, 0.2) is 0 Å². The molecule has 20 heavy (non-hydrogen) atoms. The predicted octanol–water partition coefficient (Wildman–Crippen LogP) is 2.02. The molecule has 0 spiro atoms. The smallest absolute Gasteiger partial charge is 0.211 e. The molecule has 1 heterocycles. The van der Waals surface area contributed by atoms with Crippen molar-refractivity contribution in [2.75, 3.05) is 19.3 Å². The Hall–Kier alpha value is -1.37. The van der Waals surface area contributed by atoms with Crippen LogP contribution >= 0.6 is 0 Å². The molecule has 5 nitrogen and oxygen atoms in total. The quantitative estimate of drug-likeness (QED) is 0.767. The third-order valence-electron chi connectivity index (χ3n) is 3.22. The van der Waals surface area contributed by atoms with E-state index in [-0.39, 0.29) is 11.8 Å².